The van der Waals surface area contributed by atoms with Crippen LogP contribution in [0.2, 0.25) is 0 Å². The van der Waals surface area contributed by atoms with Crippen molar-refractivity contribution in [1.82, 2.24) is 9.58 Å². The van der Waals surface area contributed by atoms with Crippen LogP contribution in [0.5, 0.6) is 0 Å². The Morgan fingerprint density at radius 1 is 0.952 bits per heavy atom. The van der Waals surface area contributed by atoms with E-state index < -0.39 is 0 Å². The SMILES string of the molecule is CN1CCN(c2cc(-c3ccccc3)[n+](C)n2C)CC1.[I-]. The summed E-state index contributed by atoms with van der Waals surface area (Å²) in [6.07, 6.45) is 0. The summed E-state index contributed by atoms with van der Waals surface area (Å²) in [5.41, 5.74) is 2.54. The number of halogens is 1. The molecule has 21 heavy (non-hydrogen) atoms. The van der Waals surface area contributed by atoms with Crippen LogP contribution in [0.1, 0.15) is 0 Å². The molecule has 0 bridgehead atoms. The number of aromatic nitrogens is 2. The lowest BCUT2D eigenvalue weighted by atomic mass is 10.1. The van der Waals surface area contributed by atoms with Crippen molar-refractivity contribution in [1.29, 1.82) is 0 Å². The smallest absolute Gasteiger partial charge is 0.240 e. The topological polar surface area (TPSA) is 15.3 Å². The minimum absolute atomic E-state index is 0. The predicted molar refractivity (Wildman–Crippen MR) is 81.7 cm³/mol. The van der Waals surface area contributed by atoms with Gasteiger partial charge in [0.25, 0.3) is 0 Å². The number of benzene rings is 1. The summed E-state index contributed by atoms with van der Waals surface area (Å²) < 4.78 is 4.47. The zero-order chi connectivity index (χ0) is 14.1. The van der Waals surface area contributed by atoms with E-state index in [0.717, 1.165) is 26.2 Å². The molecular formula is C16H23IN4. The van der Waals surface area contributed by atoms with E-state index in [-0.39, 0.29) is 24.0 Å². The lowest BCUT2D eigenvalue weighted by molar-refractivity contribution is -0.740. The third-order valence-electron chi connectivity index (χ3n) is 4.29. The fourth-order valence-corrected chi connectivity index (χ4v) is 2.83. The number of hydrogen-bond donors (Lipinski definition) is 0. The molecule has 0 unspecified atom stereocenters. The Bertz CT molecular complexity index is 586. The molecule has 1 aliphatic heterocycles. The Hall–Kier alpha value is -1.08. The predicted octanol–water partition coefficient (Wildman–Crippen LogP) is -1.73. The Kier molecular flexibility index (Phi) is 5.27. The molecular weight excluding hydrogens is 375 g/mol. The molecule has 2 heterocycles. The van der Waals surface area contributed by atoms with Crippen molar-refractivity contribution < 1.29 is 28.7 Å². The van der Waals surface area contributed by atoms with Gasteiger partial charge in [-0.25, -0.2) is 0 Å². The van der Waals surface area contributed by atoms with Gasteiger partial charge in [0, 0.05) is 31.7 Å². The summed E-state index contributed by atoms with van der Waals surface area (Å²) in [5.74, 6) is 1.31. The van der Waals surface area contributed by atoms with E-state index in [9.17, 15) is 0 Å². The van der Waals surface area contributed by atoms with Gasteiger partial charge in [0.05, 0.1) is 13.1 Å². The molecule has 0 atom stereocenters. The van der Waals surface area contributed by atoms with Crippen LogP contribution in [0.25, 0.3) is 11.3 Å². The summed E-state index contributed by atoms with van der Waals surface area (Å²) in [6.45, 7) is 4.47. The fraction of sp³-hybridized carbons (Fsp3) is 0.438. The maximum absolute atomic E-state index is 2.48. The second-order valence-corrected chi connectivity index (χ2v) is 5.59. The molecule has 0 spiro atoms. The van der Waals surface area contributed by atoms with Crippen LogP contribution in [-0.4, -0.2) is 42.8 Å². The highest BCUT2D eigenvalue weighted by Gasteiger charge is 2.24. The molecule has 0 N–H and O–H groups in total. The number of likely N-dealkylation sites (N-methyl/N-ethyl adjacent to an activating group) is 1. The maximum atomic E-state index is 2.48. The third kappa shape index (κ3) is 3.23. The summed E-state index contributed by atoms with van der Waals surface area (Å²) in [6, 6.07) is 12.9. The van der Waals surface area contributed by atoms with Gasteiger partial charge in [-0.1, -0.05) is 18.2 Å². The van der Waals surface area contributed by atoms with E-state index in [2.05, 4.69) is 76.7 Å². The average Bonchev–Trinajstić information content (AvgIpc) is 2.77. The summed E-state index contributed by atoms with van der Waals surface area (Å²) >= 11 is 0. The second kappa shape index (κ2) is 6.79. The summed E-state index contributed by atoms with van der Waals surface area (Å²) in [7, 11) is 6.46. The Balaban J connectivity index is 0.00000161. The van der Waals surface area contributed by atoms with Crippen LogP contribution in [0.15, 0.2) is 36.4 Å². The first kappa shape index (κ1) is 16.3. The van der Waals surface area contributed by atoms with Gasteiger partial charge in [-0.05, 0) is 19.2 Å². The third-order valence-corrected chi connectivity index (χ3v) is 4.29. The van der Waals surface area contributed by atoms with Crippen molar-refractivity contribution >= 4 is 5.82 Å². The van der Waals surface area contributed by atoms with Gasteiger partial charge in [-0.2, -0.15) is 0 Å². The summed E-state index contributed by atoms with van der Waals surface area (Å²) in [5, 5.41) is 0. The molecule has 0 aliphatic carbocycles. The monoisotopic (exact) mass is 398 g/mol. The van der Waals surface area contributed by atoms with Crippen molar-refractivity contribution in [3.05, 3.63) is 36.4 Å². The zero-order valence-electron chi connectivity index (χ0n) is 13.0. The lowest BCUT2D eigenvalue weighted by Gasteiger charge is -2.32. The van der Waals surface area contributed by atoms with Crippen LogP contribution in [-0.2, 0) is 14.1 Å². The van der Waals surface area contributed by atoms with Gasteiger partial charge >= 0.3 is 0 Å². The molecule has 0 saturated carbocycles. The van der Waals surface area contributed by atoms with Crippen LogP contribution in [0.3, 0.4) is 0 Å². The number of hydrogen-bond acceptors (Lipinski definition) is 2. The summed E-state index contributed by atoms with van der Waals surface area (Å²) in [4.78, 5) is 4.87. The molecule has 1 saturated heterocycles. The van der Waals surface area contributed by atoms with Crippen molar-refractivity contribution in [3.63, 3.8) is 0 Å². The second-order valence-electron chi connectivity index (χ2n) is 5.59. The van der Waals surface area contributed by atoms with E-state index >= 15 is 0 Å². The van der Waals surface area contributed by atoms with Crippen molar-refractivity contribution in [2.75, 3.05) is 38.1 Å². The highest BCUT2D eigenvalue weighted by Crippen LogP contribution is 2.22. The first-order valence-electron chi connectivity index (χ1n) is 7.22. The molecule has 5 heteroatoms. The van der Waals surface area contributed by atoms with Crippen LogP contribution in [0, 0.1) is 0 Å². The zero-order valence-corrected chi connectivity index (χ0v) is 15.1. The average molecular weight is 398 g/mol. The van der Waals surface area contributed by atoms with Gasteiger partial charge in [0.1, 0.15) is 0 Å². The molecule has 2 aromatic rings. The largest absolute Gasteiger partial charge is 1.00 e. The molecule has 1 aliphatic rings. The number of rotatable bonds is 2. The van der Waals surface area contributed by atoms with Gasteiger partial charge in [-0.15, -0.1) is 9.36 Å². The molecule has 0 radical (unpaired) electrons. The van der Waals surface area contributed by atoms with E-state index in [0.29, 0.717) is 0 Å². The molecule has 4 nitrogen and oxygen atoms in total. The van der Waals surface area contributed by atoms with Crippen molar-refractivity contribution in [2.45, 2.75) is 0 Å². The molecule has 1 aromatic carbocycles. The van der Waals surface area contributed by atoms with E-state index in [1.807, 2.05) is 0 Å². The molecule has 0 amide bonds. The van der Waals surface area contributed by atoms with Crippen LogP contribution in [0.4, 0.5) is 5.82 Å². The molecule has 114 valence electrons. The molecule has 1 aromatic heterocycles. The minimum Gasteiger partial charge on any atom is -1.00 e. The minimum atomic E-state index is 0. The highest BCUT2D eigenvalue weighted by molar-refractivity contribution is 5.60. The quantitative estimate of drug-likeness (QED) is 0.442. The van der Waals surface area contributed by atoms with Gasteiger partial charge in [0.2, 0.25) is 5.69 Å². The van der Waals surface area contributed by atoms with Crippen molar-refractivity contribution in [2.24, 2.45) is 14.1 Å². The maximum Gasteiger partial charge on any atom is 0.240 e. The lowest BCUT2D eigenvalue weighted by Crippen LogP contribution is -3.00. The standard InChI is InChI=1S/C16H23N4.HI/c1-17-9-11-20(12-10-17)16-13-15(18(2)19(16)3)14-7-5-4-6-8-14;/h4-8,13H,9-12H2,1-3H3;1H/q+1;/p-1. The van der Waals surface area contributed by atoms with Crippen LogP contribution >= 0.6 is 0 Å². The number of anilines is 1. The molecule has 1 fully saturated rings. The van der Waals surface area contributed by atoms with Crippen LogP contribution < -0.4 is 33.6 Å². The number of nitrogens with zero attached hydrogens (tertiary/aromatic N) is 4. The normalized spacial score (nSPS) is 15.9. The Morgan fingerprint density at radius 3 is 2.19 bits per heavy atom. The Morgan fingerprint density at radius 2 is 1.57 bits per heavy atom. The first-order chi connectivity index (χ1) is 9.66. The van der Waals surface area contributed by atoms with Gasteiger partial charge in [0.15, 0.2) is 12.9 Å². The number of piperazine rings is 1. The Labute approximate surface area is 144 Å². The van der Waals surface area contributed by atoms with E-state index in [1.54, 1.807) is 0 Å². The fourth-order valence-electron chi connectivity index (χ4n) is 2.83. The molecule has 3 rings (SSSR count). The highest BCUT2D eigenvalue weighted by atomic mass is 127. The van der Waals surface area contributed by atoms with Crippen molar-refractivity contribution in [3.8, 4) is 11.3 Å². The van der Waals surface area contributed by atoms with Gasteiger partial charge < -0.3 is 33.8 Å². The first-order valence-corrected chi connectivity index (χ1v) is 7.22. The van der Waals surface area contributed by atoms with E-state index in [4.69, 9.17) is 0 Å². The van der Waals surface area contributed by atoms with Gasteiger partial charge in [-0.3, -0.25) is 0 Å². The van der Waals surface area contributed by atoms with E-state index in [1.165, 1.54) is 17.1 Å².